The van der Waals surface area contributed by atoms with Crippen molar-refractivity contribution in [3.63, 3.8) is 0 Å². The van der Waals surface area contributed by atoms with Gasteiger partial charge < -0.3 is 5.32 Å². The molecule has 0 radical (unpaired) electrons. The highest BCUT2D eigenvalue weighted by Crippen LogP contribution is 2.20. The van der Waals surface area contributed by atoms with Crippen LogP contribution in [0.5, 0.6) is 0 Å². The smallest absolute Gasteiger partial charge is 0.251 e. The molecule has 1 N–H and O–H groups in total. The fraction of sp³-hybridized carbons (Fsp3) is 0.429. The molecule has 1 heterocycles. The number of aromatic nitrogens is 4. The van der Waals surface area contributed by atoms with Crippen molar-refractivity contribution in [3.8, 4) is 11.4 Å². The topological polar surface area (TPSA) is 72.7 Å². The Labute approximate surface area is 118 Å². The zero-order valence-electron chi connectivity index (χ0n) is 12.2. The van der Waals surface area contributed by atoms with Crippen molar-refractivity contribution in [2.75, 3.05) is 0 Å². The second-order valence-electron chi connectivity index (χ2n) is 5.25. The van der Waals surface area contributed by atoms with Crippen LogP contribution in [-0.4, -0.2) is 32.2 Å². The van der Waals surface area contributed by atoms with Gasteiger partial charge in [-0.1, -0.05) is 12.1 Å². The van der Waals surface area contributed by atoms with Crippen LogP contribution in [0.15, 0.2) is 24.3 Å². The van der Waals surface area contributed by atoms with E-state index in [1.807, 2.05) is 45.9 Å². The van der Waals surface area contributed by atoms with Crippen LogP contribution in [0.4, 0.5) is 0 Å². The third-order valence-corrected chi connectivity index (χ3v) is 2.78. The summed E-state index contributed by atoms with van der Waals surface area (Å²) < 4.78 is 1.74. The number of carbonyl (C=O) groups excluding carboxylic acids is 1. The molecule has 0 spiro atoms. The van der Waals surface area contributed by atoms with Gasteiger partial charge in [0.1, 0.15) is 0 Å². The lowest BCUT2D eigenvalue weighted by atomic mass is 10.1. The van der Waals surface area contributed by atoms with E-state index in [0.717, 1.165) is 5.56 Å². The summed E-state index contributed by atoms with van der Waals surface area (Å²) in [6.45, 7) is 7.88. The molecular weight excluding hydrogens is 254 g/mol. The van der Waals surface area contributed by atoms with Crippen LogP contribution in [-0.2, 0) is 0 Å². The Morgan fingerprint density at radius 1 is 1.25 bits per heavy atom. The Kier molecular flexibility index (Phi) is 4.12. The van der Waals surface area contributed by atoms with E-state index in [0.29, 0.717) is 11.4 Å². The zero-order valence-corrected chi connectivity index (χ0v) is 12.2. The van der Waals surface area contributed by atoms with E-state index in [9.17, 15) is 4.79 Å². The first-order valence-corrected chi connectivity index (χ1v) is 6.68. The van der Waals surface area contributed by atoms with Crippen LogP contribution in [0.3, 0.4) is 0 Å². The van der Waals surface area contributed by atoms with Gasteiger partial charge in [-0.15, -0.1) is 5.10 Å². The molecule has 1 aromatic heterocycles. The summed E-state index contributed by atoms with van der Waals surface area (Å²) >= 11 is 0. The van der Waals surface area contributed by atoms with E-state index in [4.69, 9.17) is 0 Å². The zero-order chi connectivity index (χ0) is 14.7. The van der Waals surface area contributed by atoms with E-state index in [1.54, 1.807) is 10.7 Å². The Hall–Kier alpha value is -2.24. The van der Waals surface area contributed by atoms with Crippen LogP contribution in [0.25, 0.3) is 11.4 Å². The van der Waals surface area contributed by atoms with E-state index < -0.39 is 0 Å². The minimum atomic E-state index is -0.0922. The summed E-state index contributed by atoms with van der Waals surface area (Å²) in [7, 11) is 0. The lowest BCUT2D eigenvalue weighted by Crippen LogP contribution is -2.30. The Balaban J connectivity index is 2.34. The molecule has 0 aliphatic heterocycles. The minimum Gasteiger partial charge on any atom is -0.350 e. The number of hydrogen-bond acceptors (Lipinski definition) is 4. The van der Waals surface area contributed by atoms with Crippen LogP contribution < -0.4 is 5.32 Å². The second-order valence-corrected chi connectivity index (χ2v) is 5.25. The quantitative estimate of drug-likeness (QED) is 0.925. The van der Waals surface area contributed by atoms with Gasteiger partial charge in [0.2, 0.25) is 0 Å². The van der Waals surface area contributed by atoms with Crippen LogP contribution in [0.2, 0.25) is 0 Å². The van der Waals surface area contributed by atoms with Crippen molar-refractivity contribution in [2.24, 2.45) is 0 Å². The number of benzene rings is 1. The number of nitrogens with one attached hydrogen (secondary N) is 1. The molecule has 0 aliphatic carbocycles. The highest BCUT2D eigenvalue weighted by molar-refractivity contribution is 5.95. The molecule has 20 heavy (non-hydrogen) atoms. The first kappa shape index (κ1) is 14.2. The highest BCUT2D eigenvalue weighted by Gasteiger charge is 2.14. The Bertz CT molecular complexity index is 603. The summed E-state index contributed by atoms with van der Waals surface area (Å²) in [6.07, 6.45) is 0. The van der Waals surface area contributed by atoms with Crippen molar-refractivity contribution >= 4 is 5.91 Å². The SMILES string of the molecule is CC(C)NC(=O)c1cccc(-c2nnnn2C(C)C)c1. The third kappa shape index (κ3) is 3.01. The fourth-order valence-corrected chi connectivity index (χ4v) is 1.88. The van der Waals surface area contributed by atoms with Gasteiger partial charge in [0.25, 0.3) is 5.91 Å². The largest absolute Gasteiger partial charge is 0.350 e. The van der Waals surface area contributed by atoms with Gasteiger partial charge in [-0.2, -0.15) is 0 Å². The van der Waals surface area contributed by atoms with Gasteiger partial charge in [0.15, 0.2) is 5.82 Å². The van der Waals surface area contributed by atoms with E-state index >= 15 is 0 Å². The number of hydrogen-bond donors (Lipinski definition) is 1. The average Bonchev–Trinajstić information content (AvgIpc) is 2.87. The number of nitrogens with zero attached hydrogens (tertiary/aromatic N) is 4. The molecule has 6 heteroatoms. The van der Waals surface area contributed by atoms with Crippen molar-refractivity contribution in [1.29, 1.82) is 0 Å². The molecule has 6 nitrogen and oxygen atoms in total. The van der Waals surface area contributed by atoms with Gasteiger partial charge in [0.05, 0.1) is 6.04 Å². The van der Waals surface area contributed by atoms with Gasteiger partial charge in [0, 0.05) is 17.2 Å². The Morgan fingerprint density at radius 2 is 2.00 bits per heavy atom. The van der Waals surface area contributed by atoms with Crippen molar-refractivity contribution in [1.82, 2.24) is 25.5 Å². The standard InChI is InChI=1S/C14H19N5O/c1-9(2)15-14(20)12-7-5-6-11(8-12)13-16-17-18-19(13)10(3)4/h5-10H,1-4H3,(H,15,20). The van der Waals surface area contributed by atoms with E-state index in [1.165, 1.54) is 0 Å². The molecule has 0 saturated carbocycles. The number of carbonyl (C=O) groups is 1. The average molecular weight is 273 g/mol. The predicted molar refractivity (Wildman–Crippen MR) is 76.2 cm³/mol. The molecule has 0 bridgehead atoms. The Morgan fingerprint density at radius 3 is 2.65 bits per heavy atom. The summed E-state index contributed by atoms with van der Waals surface area (Å²) in [5.74, 6) is 0.574. The fourth-order valence-electron chi connectivity index (χ4n) is 1.88. The van der Waals surface area contributed by atoms with Crippen LogP contribution >= 0.6 is 0 Å². The van der Waals surface area contributed by atoms with E-state index in [-0.39, 0.29) is 18.0 Å². The molecular formula is C14H19N5O. The maximum atomic E-state index is 12.0. The van der Waals surface area contributed by atoms with Gasteiger partial charge in [-0.3, -0.25) is 4.79 Å². The highest BCUT2D eigenvalue weighted by atomic mass is 16.1. The molecule has 0 fully saturated rings. The molecule has 2 rings (SSSR count). The van der Waals surface area contributed by atoms with Crippen molar-refractivity contribution < 1.29 is 4.79 Å². The lowest BCUT2D eigenvalue weighted by Gasteiger charge is -2.10. The summed E-state index contributed by atoms with van der Waals surface area (Å²) in [4.78, 5) is 12.0. The normalized spacial score (nSPS) is 11.1. The molecule has 0 atom stereocenters. The summed E-state index contributed by atoms with van der Waals surface area (Å²) in [5.41, 5.74) is 1.44. The third-order valence-electron chi connectivity index (χ3n) is 2.78. The maximum Gasteiger partial charge on any atom is 0.251 e. The molecule has 1 aromatic carbocycles. The molecule has 1 amide bonds. The first-order valence-electron chi connectivity index (χ1n) is 6.68. The number of rotatable bonds is 4. The monoisotopic (exact) mass is 273 g/mol. The van der Waals surface area contributed by atoms with Crippen molar-refractivity contribution in [3.05, 3.63) is 29.8 Å². The number of amides is 1. The maximum absolute atomic E-state index is 12.0. The predicted octanol–water partition coefficient (Wildman–Crippen LogP) is 2.06. The molecule has 0 unspecified atom stereocenters. The summed E-state index contributed by atoms with van der Waals surface area (Å²) in [5, 5.41) is 14.6. The molecule has 106 valence electrons. The first-order chi connectivity index (χ1) is 9.49. The van der Waals surface area contributed by atoms with Gasteiger partial charge in [-0.05, 0) is 50.3 Å². The van der Waals surface area contributed by atoms with Gasteiger partial charge in [-0.25, -0.2) is 4.68 Å². The lowest BCUT2D eigenvalue weighted by molar-refractivity contribution is 0.0943. The molecule has 0 saturated heterocycles. The van der Waals surface area contributed by atoms with Crippen LogP contribution in [0, 0.1) is 0 Å². The molecule has 0 aliphatic rings. The number of tetrazole rings is 1. The van der Waals surface area contributed by atoms with Crippen LogP contribution in [0.1, 0.15) is 44.1 Å². The van der Waals surface area contributed by atoms with Crippen molar-refractivity contribution in [2.45, 2.75) is 39.8 Å². The molecule has 2 aromatic rings. The summed E-state index contributed by atoms with van der Waals surface area (Å²) in [6, 6.07) is 7.59. The van der Waals surface area contributed by atoms with E-state index in [2.05, 4.69) is 20.8 Å². The van der Waals surface area contributed by atoms with Gasteiger partial charge >= 0.3 is 0 Å². The minimum absolute atomic E-state index is 0.0922. The second kappa shape index (κ2) is 5.81.